The third-order valence-electron chi connectivity index (χ3n) is 5.97. The van der Waals surface area contributed by atoms with Gasteiger partial charge < -0.3 is 10.2 Å². The summed E-state index contributed by atoms with van der Waals surface area (Å²) in [4.78, 5) is 19.6. The van der Waals surface area contributed by atoms with Crippen molar-refractivity contribution in [3.05, 3.63) is 89.4 Å². The number of aromatic amines is 1. The molecule has 2 aromatic heterocycles. The second-order valence-electron chi connectivity index (χ2n) is 8.14. The maximum Gasteiger partial charge on any atom is 0.253 e. The van der Waals surface area contributed by atoms with Gasteiger partial charge in [-0.05, 0) is 54.8 Å². The average Bonchev–Trinajstić information content (AvgIpc) is 3.26. The van der Waals surface area contributed by atoms with Crippen molar-refractivity contribution in [2.75, 3.05) is 18.4 Å². The molecule has 6 nitrogen and oxygen atoms in total. The number of rotatable bonds is 5. The van der Waals surface area contributed by atoms with E-state index in [1.807, 2.05) is 47.4 Å². The SMILES string of the molecule is O=C(c1ccccc1)N1CCCC(c2ccc3c(NCc4ccc(F)cc4)n[nH]c3n2)C1. The zero-order valence-corrected chi connectivity index (χ0v) is 17.6. The van der Waals surface area contributed by atoms with Crippen molar-refractivity contribution < 1.29 is 9.18 Å². The first-order chi connectivity index (χ1) is 15.7. The van der Waals surface area contributed by atoms with Crippen LogP contribution < -0.4 is 5.32 Å². The quantitative estimate of drug-likeness (QED) is 0.481. The Morgan fingerprint density at radius 1 is 1.09 bits per heavy atom. The van der Waals surface area contributed by atoms with Crippen LogP contribution in [0.15, 0.2) is 66.7 Å². The molecule has 0 saturated carbocycles. The number of pyridine rings is 1. The van der Waals surface area contributed by atoms with Crippen molar-refractivity contribution in [3.63, 3.8) is 0 Å². The van der Waals surface area contributed by atoms with Crippen LogP contribution in [0.1, 0.15) is 40.4 Å². The van der Waals surface area contributed by atoms with Crippen LogP contribution in [0.2, 0.25) is 0 Å². The monoisotopic (exact) mass is 429 g/mol. The van der Waals surface area contributed by atoms with Crippen LogP contribution in [0.5, 0.6) is 0 Å². The summed E-state index contributed by atoms with van der Waals surface area (Å²) >= 11 is 0. The van der Waals surface area contributed by atoms with Crippen LogP contribution in [-0.2, 0) is 6.54 Å². The third-order valence-corrected chi connectivity index (χ3v) is 5.97. The van der Waals surface area contributed by atoms with Crippen LogP contribution in [0, 0.1) is 5.82 Å². The summed E-state index contributed by atoms with van der Waals surface area (Å²) in [5.74, 6) is 0.736. The molecule has 2 N–H and O–H groups in total. The number of amides is 1. The first kappa shape index (κ1) is 20.2. The first-order valence-corrected chi connectivity index (χ1v) is 10.8. The Kier molecular flexibility index (Phi) is 5.54. The lowest BCUT2D eigenvalue weighted by Gasteiger charge is -2.32. The van der Waals surface area contributed by atoms with Crippen molar-refractivity contribution >= 4 is 22.8 Å². The summed E-state index contributed by atoms with van der Waals surface area (Å²) in [5, 5.41) is 11.6. The molecule has 1 amide bonds. The smallest absolute Gasteiger partial charge is 0.253 e. The van der Waals surface area contributed by atoms with E-state index in [4.69, 9.17) is 4.98 Å². The van der Waals surface area contributed by atoms with Crippen molar-refractivity contribution in [1.82, 2.24) is 20.1 Å². The molecule has 0 bridgehead atoms. The fraction of sp³-hybridized carbons (Fsp3) is 0.240. The number of hydrogen-bond donors (Lipinski definition) is 2. The van der Waals surface area contributed by atoms with E-state index in [-0.39, 0.29) is 17.6 Å². The highest BCUT2D eigenvalue weighted by molar-refractivity contribution is 5.94. The molecule has 5 rings (SSSR count). The Morgan fingerprint density at radius 3 is 2.72 bits per heavy atom. The molecule has 1 atom stereocenters. The van der Waals surface area contributed by atoms with E-state index in [9.17, 15) is 9.18 Å². The minimum absolute atomic E-state index is 0.0743. The number of fused-ring (bicyclic) bond motifs is 1. The number of carbonyl (C=O) groups is 1. The van der Waals surface area contributed by atoms with E-state index < -0.39 is 0 Å². The molecule has 32 heavy (non-hydrogen) atoms. The molecule has 1 aliphatic heterocycles. The first-order valence-electron chi connectivity index (χ1n) is 10.8. The lowest BCUT2D eigenvalue weighted by molar-refractivity contribution is 0.0706. The number of likely N-dealkylation sites (tertiary alicyclic amines) is 1. The van der Waals surface area contributed by atoms with E-state index in [2.05, 4.69) is 15.5 Å². The molecule has 0 spiro atoms. The maximum absolute atomic E-state index is 13.1. The molecule has 1 fully saturated rings. The molecule has 0 aliphatic carbocycles. The van der Waals surface area contributed by atoms with Gasteiger partial charge in [-0.15, -0.1) is 0 Å². The van der Waals surface area contributed by atoms with Gasteiger partial charge in [0, 0.05) is 36.8 Å². The average molecular weight is 429 g/mol. The number of carbonyl (C=O) groups excluding carboxylic acids is 1. The predicted molar refractivity (Wildman–Crippen MR) is 122 cm³/mol. The number of benzene rings is 2. The van der Waals surface area contributed by atoms with Gasteiger partial charge in [0.15, 0.2) is 11.5 Å². The molecular weight excluding hydrogens is 405 g/mol. The van der Waals surface area contributed by atoms with Gasteiger partial charge in [0.25, 0.3) is 5.91 Å². The largest absolute Gasteiger partial charge is 0.364 e. The number of aromatic nitrogens is 3. The Bertz CT molecular complexity index is 1220. The highest BCUT2D eigenvalue weighted by Crippen LogP contribution is 2.29. The Balaban J connectivity index is 1.29. The number of H-pyrrole nitrogens is 1. The zero-order valence-electron chi connectivity index (χ0n) is 17.6. The zero-order chi connectivity index (χ0) is 21.9. The third kappa shape index (κ3) is 4.19. The maximum atomic E-state index is 13.1. The topological polar surface area (TPSA) is 73.9 Å². The van der Waals surface area contributed by atoms with E-state index in [0.29, 0.717) is 18.9 Å². The molecule has 1 unspecified atom stereocenters. The van der Waals surface area contributed by atoms with Crippen molar-refractivity contribution in [3.8, 4) is 0 Å². The van der Waals surface area contributed by atoms with Gasteiger partial charge in [-0.25, -0.2) is 9.37 Å². The van der Waals surface area contributed by atoms with Gasteiger partial charge in [0.1, 0.15) is 5.82 Å². The van der Waals surface area contributed by atoms with Gasteiger partial charge in [-0.1, -0.05) is 30.3 Å². The van der Waals surface area contributed by atoms with Crippen molar-refractivity contribution in [1.29, 1.82) is 0 Å². The summed E-state index contributed by atoms with van der Waals surface area (Å²) in [7, 11) is 0. The number of halogens is 1. The fourth-order valence-electron chi connectivity index (χ4n) is 4.24. The van der Waals surface area contributed by atoms with Crippen LogP contribution in [0.3, 0.4) is 0 Å². The van der Waals surface area contributed by atoms with Crippen molar-refractivity contribution in [2.24, 2.45) is 0 Å². The molecule has 3 heterocycles. The Labute approximate surface area is 185 Å². The number of nitrogens with one attached hydrogen (secondary N) is 2. The summed E-state index contributed by atoms with van der Waals surface area (Å²) in [6.45, 7) is 1.98. The van der Waals surface area contributed by atoms with Crippen LogP contribution in [-0.4, -0.2) is 39.1 Å². The Hall–Kier alpha value is -3.74. The van der Waals surface area contributed by atoms with Gasteiger partial charge >= 0.3 is 0 Å². The van der Waals surface area contributed by atoms with E-state index >= 15 is 0 Å². The summed E-state index contributed by atoms with van der Waals surface area (Å²) in [6, 6.07) is 19.9. The van der Waals surface area contributed by atoms with Gasteiger partial charge in [0.05, 0.1) is 5.39 Å². The molecule has 1 saturated heterocycles. The molecule has 2 aromatic carbocycles. The Morgan fingerprint density at radius 2 is 1.91 bits per heavy atom. The molecule has 162 valence electrons. The van der Waals surface area contributed by atoms with Gasteiger partial charge in [0.2, 0.25) is 0 Å². The normalized spacial score (nSPS) is 16.3. The lowest BCUT2D eigenvalue weighted by Crippen LogP contribution is -2.39. The van der Waals surface area contributed by atoms with E-state index in [1.54, 1.807) is 12.1 Å². The minimum atomic E-state index is -0.248. The minimum Gasteiger partial charge on any atom is -0.364 e. The number of anilines is 1. The molecule has 7 heteroatoms. The summed E-state index contributed by atoms with van der Waals surface area (Å²) in [5.41, 5.74) is 3.38. The molecule has 4 aromatic rings. The standard InChI is InChI=1S/C25H24FN5O/c26-20-10-8-17(9-11-20)15-27-23-21-12-13-22(28-24(21)30-29-23)19-7-4-14-31(16-19)25(32)18-5-2-1-3-6-18/h1-3,5-6,8-13,19H,4,7,14-16H2,(H2,27,28,29,30). The lowest BCUT2D eigenvalue weighted by atomic mass is 9.93. The molecule has 1 aliphatic rings. The second-order valence-corrected chi connectivity index (χ2v) is 8.14. The predicted octanol–water partition coefficient (Wildman–Crippen LogP) is 4.73. The summed E-state index contributed by atoms with van der Waals surface area (Å²) < 4.78 is 13.1. The van der Waals surface area contributed by atoms with Gasteiger partial charge in [-0.2, -0.15) is 5.10 Å². The van der Waals surface area contributed by atoms with E-state index in [0.717, 1.165) is 47.2 Å². The van der Waals surface area contributed by atoms with Crippen LogP contribution in [0.25, 0.3) is 11.0 Å². The highest BCUT2D eigenvalue weighted by Gasteiger charge is 2.26. The second kappa shape index (κ2) is 8.78. The van der Waals surface area contributed by atoms with Crippen molar-refractivity contribution in [2.45, 2.75) is 25.3 Å². The summed E-state index contributed by atoms with van der Waals surface area (Å²) in [6.07, 6.45) is 1.96. The number of piperidine rings is 1. The van der Waals surface area contributed by atoms with Crippen LogP contribution >= 0.6 is 0 Å². The number of nitrogens with zero attached hydrogens (tertiary/aromatic N) is 3. The molecular formula is C25H24FN5O. The molecule has 0 radical (unpaired) electrons. The van der Waals surface area contributed by atoms with E-state index in [1.165, 1.54) is 12.1 Å². The van der Waals surface area contributed by atoms with Crippen LogP contribution in [0.4, 0.5) is 10.2 Å². The number of hydrogen-bond acceptors (Lipinski definition) is 4. The fourth-order valence-corrected chi connectivity index (χ4v) is 4.24. The highest BCUT2D eigenvalue weighted by atomic mass is 19.1. The van der Waals surface area contributed by atoms with Gasteiger partial charge in [-0.3, -0.25) is 9.89 Å².